The Kier molecular flexibility index (Phi) is 9.90. The first-order valence-corrected chi connectivity index (χ1v) is 12.6. The van der Waals surface area contributed by atoms with Crippen molar-refractivity contribution in [2.24, 2.45) is 17.2 Å². The van der Waals surface area contributed by atoms with Crippen molar-refractivity contribution in [1.29, 1.82) is 0 Å². The first-order valence-electron chi connectivity index (χ1n) is 12.6. The Bertz CT molecular complexity index is 928. The van der Waals surface area contributed by atoms with E-state index in [1.165, 1.54) is 0 Å². The molecule has 15 atom stereocenters. The van der Waals surface area contributed by atoms with Crippen molar-refractivity contribution in [2.45, 2.75) is 111 Å². The van der Waals surface area contributed by atoms with Crippen LogP contribution in [0.4, 0.5) is 0 Å². The van der Waals surface area contributed by atoms with Gasteiger partial charge in [-0.25, -0.2) is 0 Å². The van der Waals surface area contributed by atoms with Crippen LogP contribution in [0, 0.1) is 10.1 Å². The summed E-state index contributed by atoms with van der Waals surface area (Å²) in [5.41, 5.74) is 7.56. The third-order valence-electron chi connectivity index (χ3n) is 8.38. The van der Waals surface area contributed by atoms with Gasteiger partial charge in [0, 0.05) is 0 Å². The fourth-order valence-corrected chi connectivity index (χ4v) is 5.08. The van der Waals surface area contributed by atoms with Gasteiger partial charge in [0.05, 0.1) is 31.9 Å². The first kappa shape index (κ1) is 34.1. The normalized spacial score (nSPS) is 52.7. The van der Waals surface area contributed by atoms with Crippen LogP contribution in [0.1, 0.15) is 20.8 Å². The second-order valence-corrected chi connectivity index (χ2v) is 10.9. The fourth-order valence-electron chi connectivity index (χ4n) is 5.08. The number of hydrogen-bond acceptors (Lipinski definition) is 19. The molecule has 0 spiro atoms. The lowest BCUT2D eigenvalue weighted by atomic mass is 9.66. The van der Waals surface area contributed by atoms with Gasteiger partial charge in [-0.05, 0) is 20.8 Å². The molecule has 14 N–H and O–H groups in total. The number of rotatable bonds is 9. The molecule has 0 saturated carbocycles. The van der Waals surface area contributed by atoms with E-state index in [0.717, 1.165) is 20.8 Å². The molecule has 3 aliphatic rings. The van der Waals surface area contributed by atoms with Crippen molar-refractivity contribution in [2.75, 3.05) is 19.8 Å². The van der Waals surface area contributed by atoms with Crippen molar-refractivity contribution >= 4 is 0 Å². The van der Waals surface area contributed by atoms with Crippen LogP contribution >= 0.6 is 0 Å². The molecular formula is C21H40N4O16. The van der Waals surface area contributed by atoms with Gasteiger partial charge in [0.1, 0.15) is 53.4 Å². The summed E-state index contributed by atoms with van der Waals surface area (Å²) in [4.78, 5) is 15.9. The van der Waals surface area contributed by atoms with Crippen molar-refractivity contribution in [3.8, 4) is 0 Å². The second kappa shape index (κ2) is 11.9. The molecule has 0 bridgehead atoms. The standard InChI is InChI=1S/C21H40N4O16/c1-18(6-28)19(2,32)20(3,33)21(24,41-25(34)35)17(40-18)39-14-8(5-27)37-16(10(23)12(14)30)38-13-7(4-26)36-15(31)9(22)11(13)29/h7-17,26-33H,4-6,22-24H2,1-3H3/t7-,8-,9-,10-,11-,12-,13?,14?,15-,16+,17+,18-,19-,20-,21+/m1/s1. The molecule has 3 rings (SSSR count). The summed E-state index contributed by atoms with van der Waals surface area (Å²) >= 11 is 0. The minimum Gasteiger partial charge on any atom is -0.394 e. The zero-order chi connectivity index (χ0) is 31.3. The van der Waals surface area contributed by atoms with Crippen LogP contribution in [0.5, 0.6) is 0 Å². The van der Waals surface area contributed by atoms with E-state index >= 15 is 0 Å². The number of aliphatic hydroxyl groups excluding tert-OH is 6. The average molecular weight is 605 g/mol. The maximum atomic E-state index is 11.4. The van der Waals surface area contributed by atoms with E-state index < -0.39 is 115 Å². The topological polar surface area (TPSA) is 338 Å². The maximum Gasteiger partial charge on any atom is 0.296 e. The van der Waals surface area contributed by atoms with Gasteiger partial charge in [-0.2, -0.15) is 0 Å². The van der Waals surface area contributed by atoms with Crippen molar-refractivity contribution in [1.82, 2.24) is 0 Å². The minimum atomic E-state index is -3.00. The third kappa shape index (κ3) is 5.53. The quantitative estimate of drug-likeness (QED) is 0.0661. The summed E-state index contributed by atoms with van der Waals surface area (Å²) in [6.45, 7) is 0.436. The highest BCUT2D eigenvalue weighted by molar-refractivity contribution is 5.18. The van der Waals surface area contributed by atoms with E-state index in [9.17, 15) is 51.0 Å². The molecule has 0 radical (unpaired) electrons. The maximum absolute atomic E-state index is 11.4. The van der Waals surface area contributed by atoms with Crippen LogP contribution in [0.25, 0.3) is 0 Å². The molecule has 20 nitrogen and oxygen atoms in total. The lowest BCUT2D eigenvalue weighted by Crippen LogP contribution is -2.86. The summed E-state index contributed by atoms with van der Waals surface area (Å²) in [5, 5.41) is 93.3. The van der Waals surface area contributed by atoms with Gasteiger partial charge in [0.2, 0.25) is 12.0 Å². The highest BCUT2D eigenvalue weighted by Gasteiger charge is 2.74. The van der Waals surface area contributed by atoms with Gasteiger partial charge < -0.3 is 76.0 Å². The van der Waals surface area contributed by atoms with Crippen molar-refractivity contribution < 1.29 is 74.5 Å². The summed E-state index contributed by atoms with van der Waals surface area (Å²) in [6.07, 6.45) is -14.9. The Morgan fingerprint density at radius 2 is 1.39 bits per heavy atom. The molecular weight excluding hydrogens is 564 g/mol. The second-order valence-electron chi connectivity index (χ2n) is 10.9. The molecule has 240 valence electrons. The van der Waals surface area contributed by atoms with E-state index in [2.05, 4.69) is 4.84 Å². The lowest BCUT2D eigenvalue weighted by molar-refractivity contribution is -0.796. The Balaban J connectivity index is 1.91. The monoisotopic (exact) mass is 604 g/mol. The van der Waals surface area contributed by atoms with E-state index in [1.807, 2.05) is 0 Å². The molecule has 0 aliphatic carbocycles. The Morgan fingerprint density at radius 3 is 1.90 bits per heavy atom. The van der Waals surface area contributed by atoms with E-state index in [4.69, 9.17) is 40.9 Å². The van der Waals surface area contributed by atoms with E-state index in [-0.39, 0.29) is 0 Å². The molecule has 3 heterocycles. The highest BCUT2D eigenvalue weighted by Crippen LogP contribution is 2.49. The van der Waals surface area contributed by atoms with E-state index in [1.54, 1.807) is 0 Å². The molecule has 3 fully saturated rings. The Hall–Kier alpha value is -1.44. The molecule has 0 aromatic rings. The molecule has 20 heteroatoms. The average Bonchev–Trinajstić information content (AvgIpc) is 2.90. The highest BCUT2D eigenvalue weighted by atomic mass is 17.0. The van der Waals surface area contributed by atoms with Crippen molar-refractivity contribution in [3.05, 3.63) is 10.1 Å². The molecule has 0 amide bonds. The third-order valence-corrected chi connectivity index (χ3v) is 8.38. The zero-order valence-corrected chi connectivity index (χ0v) is 22.5. The van der Waals surface area contributed by atoms with Gasteiger partial charge in [-0.1, -0.05) is 0 Å². The fraction of sp³-hybridized carbons (Fsp3) is 1.00. The van der Waals surface area contributed by atoms with Gasteiger partial charge in [0.15, 0.2) is 12.6 Å². The van der Waals surface area contributed by atoms with Gasteiger partial charge in [-0.3, -0.25) is 10.6 Å². The predicted octanol–water partition coefficient (Wildman–Crippen LogP) is -6.97. The van der Waals surface area contributed by atoms with Crippen molar-refractivity contribution in [3.63, 3.8) is 0 Å². The number of aliphatic hydroxyl groups is 8. The Morgan fingerprint density at radius 1 is 0.878 bits per heavy atom. The molecule has 2 unspecified atom stereocenters. The van der Waals surface area contributed by atoms with E-state index in [0.29, 0.717) is 0 Å². The summed E-state index contributed by atoms with van der Waals surface area (Å²) in [7, 11) is 0. The number of nitrogens with two attached hydrogens (primary N) is 3. The van der Waals surface area contributed by atoms with Crippen LogP contribution < -0.4 is 17.2 Å². The molecule has 3 aliphatic heterocycles. The first-order chi connectivity index (χ1) is 18.8. The van der Waals surface area contributed by atoms with Crippen LogP contribution in [0.2, 0.25) is 0 Å². The summed E-state index contributed by atoms with van der Waals surface area (Å²) < 4.78 is 27.7. The molecule has 3 saturated heterocycles. The summed E-state index contributed by atoms with van der Waals surface area (Å²) in [5.74, 6) is 0. The van der Waals surface area contributed by atoms with Crippen LogP contribution in [0.3, 0.4) is 0 Å². The van der Waals surface area contributed by atoms with Gasteiger partial charge in [0.25, 0.3) is 5.09 Å². The molecule has 0 aromatic carbocycles. The Labute approximate surface area is 233 Å². The SMILES string of the molecule is C[C@]1(O)[C@@](C)(O)[C@@](N)(O[N+](=O)[O-])[C@@H](OC2[C@@H](CO)O[C@@H](OC3[C@@H](CO)O[C@@H](O)[C@H](N)[C@H]3O)[C@H](N)[C@H]2O)O[C@]1(C)CO. The zero-order valence-electron chi connectivity index (χ0n) is 22.5. The molecule has 41 heavy (non-hydrogen) atoms. The molecule has 0 aromatic heterocycles. The van der Waals surface area contributed by atoms with Crippen LogP contribution in [-0.4, -0.2) is 156 Å². The number of nitrogens with zero attached hydrogens (tertiary/aromatic N) is 1. The van der Waals surface area contributed by atoms with Crippen LogP contribution in [-0.2, 0) is 28.5 Å². The predicted molar refractivity (Wildman–Crippen MR) is 128 cm³/mol. The largest absolute Gasteiger partial charge is 0.394 e. The lowest BCUT2D eigenvalue weighted by Gasteiger charge is -2.61. The summed E-state index contributed by atoms with van der Waals surface area (Å²) in [6, 6.07) is -2.90. The number of ether oxygens (including phenoxy) is 5. The minimum absolute atomic E-state index is 0.730. The smallest absolute Gasteiger partial charge is 0.296 e. The number of hydrogen-bond donors (Lipinski definition) is 11. The van der Waals surface area contributed by atoms with Gasteiger partial charge in [-0.15, -0.1) is 10.1 Å². The van der Waals surface area contributed by atoms with Crippen LogP contribution in [0.15, 0.2) is 0 Å². The van der Waals surface area contributed by atoms with Gasteiger partial charge >= 0.3 is 0 Å².